The number of aliphatic hydroxyl groups is 1. The molecule has 0 bridgehead atoms. The molecule has 2 saturated heterocycles. The van der Waals surface area contributed by atoms with Crippen LogP contribution in [0.15, 0.2) is 10.6 Å². The molecule has 2 fully saturated rings. The molecule has 0 aromatic carbocycles. The number of carboxylic acid groups (broad SMARTS) is 1. The van der Waals surface area contributed by atoms with E-state index < -0.39 is 18.0 Å². The quantitative estimate of drug-likeness (QED) is 0.227. The van der Waals surface area contributed by atoms with E-state index in [-0.39, 0.29) is 52.4 Å². The maximum absolute atomic E-state index is 12.5. The lowest BCUT2D eigenvalue weighted by molar-refractivity contribution is -0.163. The first kappa shape index (κ1) is 25.1. The van der Waals surface area contributed by atoms with Gasteiger partial charge in [-0.3, -0.25) is 9.59 Å². The van der Waals surface area contributed by atoms with Gasteiger partial charge in [0, 0.05) is 53.6 Å². The minimum atomic E-state index is -1.10. The zero-order valence-corrected chi connectivity index (χ0v) is 20.4. The van der Waals surface area contributed by atoms with E-state index in [1.165, 1.54) is 16.7 Å². The van der Waals surface area contributed by atoms with E-state index in [4.69, 9.17) is 5.41 Å². The van der Waals surface area contributed by atoms with Crippen LogP contribution in [-0.2, 0) is 14.4 Å². The molecule has 178 valence electrons. The molecule has 0 spiro atoms. The summed E-state index contributed by atoms with van der Waals surface area (Å²) in [6, 6.07) is -0.0867. The molecule has 0 saturated carbocycles. The molecule has 0 radical (unpaired) electrons. The van der Waals surface area contributed by atoms with Gasteiger partial charge >= 0.3 is 5.97 Å². The van der Waals surface area contributed by atoms with Crippen LogP contribution in [0.3, 0.4) is 0 Å². The molecular formula is C21H32N4O5S2. The molecule has 2 amide bonds. The van der Waals surface area contributed by atoms with Crippen LogP contribution in [-0.4, -0.2) is 86.6 Å². The Hall–Kier alpha value is -1.56. The van der Waals surface area contributed by atoms with E-state index in [0.717, 1.165) is 18.7 Å². The predicted octanol–water partition coefficient (Wildman–Crippen LogP) is 0.881. The van der Waals surface area contributed by atoms with Gasteiger partial charge in [-0.25, -0.2) is 4.79 Å². The van der Waals surface area contributed by atoms with Crippen molar-refractivity contribution in [3.63, 3.8) is 0 Å². The number of carbonyl (C=O) groups is 3. The third-order valence-electron chi connectivity index (χ3n) is 6.42. The molecule has 3 aliphatic rings. The zero-order valence-electron chi connectivity index (χ0n) is 18.8. The summed E-state index contributed by atoms with van der Waals surface area (Å²) in [7, 11) is 1.59. The first-order valence-electron chi connectivity index (χ1n) is 10.8. The minimum absolute atomic E-state index is 0.0669. The van der Waals surface area contributed by atoms with Gasteiger partial charge in [0.1, 0.15) is 5.70 Å². The number of fused-ring (bicyclic) bond motifs is 1. The standard InChI is InChI=1S/C21H32N4O5S2/c1-9-17-16(11(3)26)20(28)25(17)18(21(29)30)19(9)32-13-5-12(24-7-13)8-31-14(10(2)22)6-15(27)23-4/h9,11-14,16-17,22,24,26H,5-8H2,1-4H3,(H,23,27)(H,29,30)/t9-,11-,12+,13+,14?,16-,17-/m1/s1. The zero-order chi connectivity index (χ0) is 23.7. The second kappa shape index (κ2) is 10.1. The van der Waals surface area contributed by atoms with Gasteiger partial charge in [0.05, 0.1) is 23.3 Å². The Morgan fingerprint density at radius 1 is 1.41 bits per heavy atom. The lowest BCUT2D eigenvalue weighted by atomic mass is 9.79. The van der Waals surface area contributed by atoms with Crippen LogP contribution in [0.2, 0.25) is 0 Å². The molecule has 7 atom stereocenters. The van der Waals surface area contributed by atoms with Crippen molar-refractivity contribution in [3.05, 3.63) is 10.6 Å². The van der Waals surface area contributed by atoms with Crippen molar-refractivity contribution in [1.82, 2.24) is 15.5 Å². The molecule has 32 heavy (non-hydrogen) atoms. The van der Waals surface area contributed by atoms with Crippen molar-refractivity contribution in [2.24, 2.45) is 11.8 Å². The monoisotopic (exact) mass is 484 g/mol. The van der Waals surface area contributed by atoms with Gasteiger partial charge in [0.15, 0.2) is 0 Å². The first-order chi connectivity index (χ1) is 15.1. The average Bonchev–Trinajstić information content (AvgIpc) is 3.26. The molecule has 5 N–H and O–H groups in total. The largest absolute Gasteiger partial charge is 0.477 e. The highest BCUT2D eigenvalue weighted by molar-refractivity contribution is 8.03. The topological polar surface area (TPSA) is 143 Å². The number of aliphatic hydroxyl groups excluding tert-OH is 1. The van der Waals surface area contributed by atoms with Gasteiger partial charge in [0.2, 0.25) is 11.8 Å². The maximum atomic E-state index is 12.5. The Labute approximate surface area is 196 Å². The maximum Gasteiger partial charge on any atom is 0.353 e. The lowest BCUT2D eigenvalue weighted by Crippen LogP contribution is -2.63. The Bertz CT molecular complexity index is 833. The number of nitrogens with zero attached hydrogens (tertiary/aromatic N) is 1. The fourth-order valence-corrected chi connectivity index (χ4v) is 7.45. The number of amides is 2. The van der Waals surface area contributed by atoms with E-state index in [1.54, 1.807) is 32.7 Å². The number of rotatable bonds is 10. The summed E-state index contributed by atoms with van der Waals surface area (Å²) in [5, 5.41) is 33.8. The molecular weight excluding hydrogens is 452 g/mol. The molecule has 3 rings (SSSR count). The van der Waals surface area contributed by atoms with E-state index in [2.05, 4.69) is 10.6 Å². The lowest BCUT2D eigenvalue weighted by Gasteiger charge is -2.46. The highest BCUT2D eigenvalue weighted by Crippen LogP contribution is 2.51. The highest BCUT2D eigenvalue weighted by atomic mass is 32.2. The Kier molecular flexibility index (Phi) is 7.95. The number of aliphatic carboxylic acids is 1. The van der Waals surface area contributed by atoms with Gasteiger partial charge in [-0.15, -0.1) is 11.8 Å². The third-order valence-corrected chi connectivity index (χ3v) is 9.45. The number of hydrogen-bond donors (Lipinski definition) is 5. The molecule has 0 aromatic heterocycles. The number of β-lactam (4-membered cyclic amide) rings is 1. The van der Waals surface area contributed by atoms with Gasteiger partial charge in [-0.2, -0.15) is 11.8 Å². The van der Waals surface area contributed by atoms with Gasteiger partial charge in [0.25, 0.3) is 0 Å². The molecule has 1 unspecified atom stereocenters. The second-order valence-corrected chi connectivity index (χ2v) is 11.3. The number of carbonyl (C=O) groups excluding carboxylic acids is 2. The van der Waals surface area contributed by atoms with Crippen LogP contribution in [0.4, 0.5) is 0 Å². The first-order valence-corrected chi connectivity index (χ1v) is 12.7. The van der Waals surface area contributed by atoms with Crippen LogP contribution < -0.4 is 10.6 Å². The van der Waals surface area contributed by atoms with Crippen LogP contribution in [0.1, 0.15) is 33.6 Å². The fourth-order valence-electron chi connectivity index (χ4n) is 4.70. The summed E-state index contributed by atoms with van der Waals surface area (Å²) in [5.41, 5.74) is 0.540. The van der Waals surface area contributed by atoms with Crippen molar-refractivity contribution in [2.75, 3.05) is 19.3 Å². The fraction of sp³-hybridized carbons (Fsp3) is 0.714. The summed E-state index contributed by atoms with van der Waals surface area (Å²) < 4.78 is 0. The van der Waals surface area contributed by atoms with Crippen LogP contribution in [0.5, 0.6) is 0 Å². The Morgan fingerprint density at radius 3 is 2.66 bits per heavy atom. The number of carboxylic acids is 1. The number of hydrogen-bond acceptors (Lipinski definition) is 8. The molecule has 9 nitrogen and oxygen atoms in total. The molecule has 3 aliphatic heterocycles. The summed E-state index contributed by atoms with van der Waals surface area (Å²) in [6.45, 7) is 5.95. The highest BCUT2D eigenvalue weighted by Gasteiger charge is 2.60. The number of nitrogens with one attached hydrogen (secondary N) is 3. The summed E-state index contributed by atoms with van der Waals surface area (Å²) in [4.78, 5) is 38.2. The second-order valence-electron chi connectivity index (χ2n) is 8.73. The molecule has 11 heteroatoms. The third kappa shape index (κ3) is 4.85. The van der Waals surface area contributed by atoms with Gasteiger partial charge in [-0.05, 0) is 20.3 Å². The van der Waals surface area contributed by atoms with Gasteiger partial charge < -0.3 is 31.2 Å². The van der Waals surface area contributed by atoms with E-state index in [1.807, 2.05) is 6.92 Å². The smallest absolute Gasteiger partial charge is 0.353 e. The molecule has 3 heterocycles. The summed E-state index contributed by atoms with van der Waals surface area (Å²) >= 11 is 3.12. The number of thioether (sulfide) groups is 2. The predicted molar refractivity (Wildman–Crippen MR) is 126 cm³/mol. The average molecular weight is 485 g/mol. The van der Waals surface area contributed by atoms with Crippen molar-refractivity contribution >= 4 is 47.0 Å². The van der Waals surface area contributed by atoms with Crippen molar-refractivity contribution < 1.29 is 24.6 Å². The van der Waals surface area contributed by atoms with E-state index in [0.29, 0.717) is 10.6 Å². The molecule has 0 aliphatic carbocycles. The van der Waals surface area contributed by atoms with E-state index >= 15 is 0 Å². The van der Waals surface area contributed by atoms with Crippen molar-refractivity contribution in [2.45, 2.75) is 62.3 Å². The van der Waals surface area contributed by atoms with Crippen LogP contribution in [0.25, 0.3) is 0 Å². The van der Waals surface area contributed by atoms with Crippen LogP contribution >= 0.6 is 23.5 Å². The van der Waals surface area contributed by atoms with Gasteiger partial charge in [-0.1, -0.05) is 6.92 Å². The molecule has 0 aromatic rings. The normalized spacial score (nSPS) is 31.2. The minimum Gasteiger partial charge on any atom is -0.477 e. The van der Waals surface area contributed by atoms with E-state index in [9.17, 15) is 24.6 Å². The Morgan fingerprint density at radius 2 is 2.09 bits per heavy atom. The van der Waals surface area contributed by atoms with Crippen molar-refractivity contribution in [3.8, 4) is 0 Å². The summed E-state index contributed by atoms with van der Waals surface area (Å²) in [5.74, 6) is -1.42. The van der Waals surface area contributed by atoms with Crippen LogP contribution in [0, 0.1) is 17.2 Å². The Balaban J connectivity index is 1.61. The SMILES string of the molecule is CNC(=O)CC(SC[C@@H]1C[C@H](SC2=C(C(=O)O)N3C(=O)[C@H]([C@@H](C)O)[C@H]3[C@H]2C)CN1)C(C)=N. The summed E-state index contributed by atoms with van der Waals surface area (Å²) in [6.07, 6.45) is 0.312. The van der Waals surface area contributed by atoms with Crippen molar-refractivity contribution in [1.29, 1.82) is 5.41 Å².